The zero-order chi connectivity index (χ0) is 16.5. The molecule has 0 N–H and O–H groups in total. The Morgan fingerprint density at radius 3 is 3.08 bits per heavy atom. The van der Waals surface area contributed by atoms with E-state index in [9.17, 15) is 0 Å². The van der Waals surface area contributed by atoms with Crippen LogP contribution in [0.5, 0.6) is 0 Å². The van der Waals surface area contributed by atoms with Crippen LogP contribution in [0.15, 0.2) is 41.2 Å². The summed E-state index contributed by atoms with van der Waals surface area (Å²) in [5.41, 5.74) is 2.10. The minimum absolute atomic E-state index is 0.361. The minimum Gasteiger partial charge on any atom is -0.338 e. The molecule has 7 heteroatoms. The van der Waals surface area contributed by atoms with Crippen LogP contribution in [0.1, 0.15) is 30.3 Å². The van der Waals surface area contributed by atoms with Gasteiger partial charge in [0.15, 0.2) is 0 Å². The molecule has 4 rings (SSSR count). The second-order valence-corrected chi connectivity index (χ2v) is 6.53. The van der Waals surface area contributed by atoms with Gasteiger partial charge in [0.1, 0.15) is 0 Å². The van der Waals surface area contributed by atoms with Crippen molar-refractivity contribution in [2.45, 2.75) is 25.4 Å². The Morgan fingerprint density at radius 1 is 1.38 bits per heavy atom. The van der Waals surface area contributed by atoms with Gasteiger partial charge in [-0.1, -0.05) is 28.9 Å². The van der Waals surface area contributed by atoms with Crippen LogP contribution in [0.3, 0.4) is 0 Å². The zero-order valence-electron chi connectivity index (χ0n) is 13.4. The maximum atomic E-state index is 6.03. The summed E-state index contributed by atoms with van der Waals surface area (Å²) in [5.74, 6) is 1.20. The summed E-state index contributed by atoms with van der Waals surface area (Å²) in [4.78, 5) is 6.89. The molecule has 0 radical (unpaired) electrons. The van der Waals surface area contributed by atoms with E-state index in [1.54, 1.807) is 0 Å². The van der Waals surface area contributed by atoms with Gasteiger partial charge in [-0.25, -0.2) is 0 Å². The van der Waals surface area contributed by atoms with Crippen LogP contribution in [-0.2, 0) is 13.6 Å². The second-order valence-electron chi connectivity index (χ2n) is 6.10. The highest BCUT2D eigenvalue weighted by atomic mass is 35.5. The fourth-order valence-electron chi connectivity index (χ4n) is 3.24. The van der Waals surface area contributed by atoms with Crippen LogP contribution < -0.4 is 0 Å². The number of benzene rings is 1. The molecule has 124 valence electrons. The van der Waals surface area contributed by atoms with Gasteiger partial charge in [-0.05, 0) is 31.5 Å². The first-order valence-corrected chi connectivity index (χ1v) is 8.38. The second kappa shape index (κ2) is 6.37. The van der Waals surface area contributed by atoms with Gasteiger partial charge in [0.25, 0.3) is 0 Å². The summed E-state index contributed by atoms with van der Waals surface area (Å²) in [6.07, 6.45) is 6.30. The Morgan fingerprint density at radius 2 is 2.29 bits per heavy atom. The molecule has 0 amide bonds. The molecule has 1 atom stereocenters. The van der Waals surface area contributed by atoms with Crippen molar-refractivity contribution in [1.82, 2.24) is 24.8 Å². The third-order valence-corrected chi connectivity index (χ3v) is 4.60. The first kappa shape index (κ1) is 15.4. The van der Waals surface area contributed by atoms with E-state index in [0.29, 0.717) is 29.3 Å². The number of likely N-dealkylation sites (tertiary alicyclic amines) is 1. The predicted molar refractivity (Wildman–Crippen MR) is 90.3 cm³/mol. The fraction of sp³-hybridized carbons (Fsp3) is 0.353. The van der Waals surface area contributed by atoms with E-state index in [1.165, 1.54) is 5.56 Å². The Labute approximate surface area is 145 Å². The number of aryl methyl sites for hydroxylation is 1. The molecule has 1 fully saturated rings. The monoisotopic (exact) mass is 343 g/mol. The van der Waals surface area contributed by atoms with Crippen molar-refractivity contribution in [1.29, 1.82) is 0 Å². The van der Waals surface area contributed by atoms with Gasteiger partial charge >= 0.3 is 0 Å². The normalized spacial score (nSPS) is 18.3. The van der Waals surface area contributed by atoms with Crippen molar-refractivity contribution in [3.8, 4) is 11.4 Å². The average Bonchev–Trinajstić information content (AvgIpc) is 3.28. The van der Waals surface area contributed by atoms with Gasteiger partial charge in [0.2, 0.25) is 11.7 Å². The van der Waals surface area contributed by atoms with Crippen molar-refractivity contribution in [3.05, 3.63) is 53.1 Å². The Balaban J connectivity index is 1.51. The zero-order valence-corrected chi connectivity index (χ0v) is 14.1. The lowest BCUT2D eigenvalue weighted by molar-refractivity contribution is 0.212. The molecule has 24 heavy (non-hydrogen) atoms. The van der Waals surface area contributed by atoms with Gasteiger partial charge in [-0.3, -0.25) is 9.58 Å². The van der Waals surface area contributed by atoms with E-state index in [4.69, 9.17) is 16.1 Å². The van der Waals surface area contributed by atoms with Crippen molar-refractivity contribution < 1.29 is 4.52 Å². The molecule has 1 saturated heterocycles. The van der Waals surface area contributed by atoms with Crippen LogP contribution in [0.4, 0.5) is 0 Å². The third-order valence-electron chi connectivity index (χ3n) is 4.36. The lowest BCUT2D eigenvalue weighted by Gasteiger charge is -2.21. The Hall–Kier alpha value is -2.18. The molecular weight excluding hydrogens is 326 g/mol. The van der Waals surface area contributed by atoms with Gasteiger partial charge in [-0.2, -0.15) is 10.1 Å². The topological polar surface area (TPSA) is 60.0 Å². The quantitative estimate of drug-likeness (QED) is 0.726. The van der Waals surface area contributed by atoms with E-state index in [-0.39, 0.29) is 0 Å². The molecule has 0 bridgehead atoms. The van der Waals surface area contributed by atoms with Crippen molar-refractivity contribution >= 4 is 11.6 Å². The number of rotatable bonds is 4. The molecule has 2 aromatic heterocycles. The Bertz CT molecular complexity index is 843. The molecule has 0 spiro atoms. The van der Waals surface area contributed by atoms with E-state index >= 15 is 0 Å². The van der Waals surface area contributed by atoms with Crippen LogP contribution in [0.25, 0.3) is 11.4 Å². The standard InChI is InChI=1S/C17H18ClN5O/c1-22-10-13(9-19-22)15-6-3-7-23(15)11-16-20-17(21-24-16)12-4-2-5-14(18)8-12/h2,4-5,8-10,15H,3,6-7,11H2,1H3/t15-/m1/s1. The summed E-state index contributed by atoms with van der Waals surface area (Å²) in [5, 5.41) is 9.03. The summed E-state index contributed by atoms with van der Waals surface area (Å²) in [6, 6.07) is 7.83. The average molecular weight is 344 g/mol. The minimum atomic E-state index is 0.361. The van der Waals surface area contributed by atoms with Crippen LogP contribution in [-0.4, -0.2) is 31.4 Å². The predicted octanol–water partition coefficient (Wildman–Crippen LogP) is 3.46. The molecule has 3 aromatic rings. The lowest BCUT2D eigenvalue weighted by atomic mass is 10.1. The van der Waals surface area contributed by atoms with E-state index in [2.05, 4.69) is 26.3 Å². The summed E-state index contributed by atoms with van der Waals surface area (Å²) < 4.78 is 7.29. The molecular formula is C17H18ClN5O. The first-order chi connectivity index (χ1) is 11.7. The third kappa shape index (κ3) is 3.07. The molecule has 0 aliphatic carbocycles. The molecule has 1 aromatic carbocycles. The van der Waals surface area contributed by atoms with Gasteiger partial charge in [0, 0.05) is 35.4 Å². The number of halogens is 1. The molecule has 0 unspecified atom stereocenters. The highest BCUT2D eigenvalue weighted by molar-refractivity contribution is 6.30. The van der Waals surface area contributed by atoms with E-state index in [1.807, 2.05) is 42.2 Å². The summed E-state index contributed by atoms with van der Waals surface area (Å²) in [7, 11) is 1.94. The number of aromatic nitrogens is 4. The largest absolute Gasteiger partial charge is 0.338 e. The van der Waals surface area contributed by atoms with E-state index in [0.717, 1.165) is 24.9 Å². The maximum absolute atomic E-state index is 6.03. The highest BCUT2D eigenvalue weighted by Crippen LogP contribution is 2.32. The van der Waals surface area contributed by atoms with Gasteiger partial charge in [-0.15, -0.1) is 0 Å². The highest BCUT2D eigenvalue weighted by Gasteiger charge is 2.28. The lowest BCUT2D eigenvalue weighted by Crippen LogP contribution is -2.22. The van der Waals surface area contributed by atoms with Crippen molar-refractivity contribution in [3.63, 3.8) is 0 Å². The number of hydrogen-bond donors (Lipinski definition) is 0. The molecule has 1 aliphatic heterocycles. The van der Waals surface area contributed by atoms with Crippen LogP contribution in [0.2, 0.25) is 5.02 Å². The molecule has 6 nitrogen and oxygen atoms in total. The maximum Gasteiger partial charge on any atom is 0.241 e. The van der Waals surface area contributed by atoms with Crippen LogP contribution in [0, 0.1) is 0 Å². The first-order valence-electron chi connectivity index (χ1n) is 8.00. The summed E-state index contributed by atoms with van der Waals surface area (Å²) >= 11 is 6.03. The SMILES string of the molecule is Cn1cc([C@H]2CCCN2Cc2nc(-c3cccc(Cl)c3)no2)cn1. The van der Waals surface area contributed by atoms with Gasteiger partial charge < -0.3 is 4.52 Å². The summed E-state index contributed by atoms with van der Waals surface area (Å²) in [6.45, 7) is 1.67. The van der Waals surface area contributed by atoms with E-state index < -0.39 is 0 Å². The molecule has 3 heterocycles. The van der Waals surface area contributed by atoms with Gasteiger partial charge in [0.05, 0.1) is 12.7 Å². The smallest absolute Gasteiger partial charge is 0.241 e. The molecule has 1 aliphatic rings. The fourth-order valence-corrected chi connectivity index (χ4v) is 3.43. The Kier molecular flexibility index (Phi) is 4.08. The van der Waals surface area contributed by atoms with Crippen molar-refractivity contribution in [2.75, 3.05) is 6.54 Å². The number of nitrogens with zero attached hydrogens (tertiary/aromatic N) is 5. The van der Waals surface area contributed by atoms with Crippen molar-refractivity contribution in [2.24, 2.45) is 7.05 Å². The number of hydrogen-bond acceptors (Lipinski definition) is 5. The molecule has 0 saturated carbocycles. The van der Waals surface area contributed by atoms with Crippen LogP contribution >= 0.6 is 11.6 Å².